The number of ether oxygens (including phenoxy) is 2. The van der Waals surface area contributed by atoms with Gasteiger partial charge in [-0.05, 0) is 55.3 Å². The van der Waals surface area contributed by atoms with Crippen LogP contribution in [0.15, 0.2) is 48.5 Å². The first-order valence-corrected chi connectivity index (χ1v) is 8.61. The number of anilines is 1. The predicted molar refractivity (Wildman–Crippen MR) is 98.7 cm³/mol. The van der Waals surface area contributed by atoms with E-state index in [1.807, 2.05) is 0 Å². The molecule has 1 aliphatic rings. The van der Waals surface area contributed by atoms with E-state index in [9.17, 15) is 9.59 Å². The molecule has 1 heterocycles. The summed E-state index contributed by atoms with van der Waals surface area (Å²) in [7, 11) is 1.57. The molecule has 0 aromatic heterocycles. The van der Waals surface area contributed by atoms with E-state index >= 15 is 0 Å². The van der Waals surface area contributed by atoms with Gasteiger partial charge in [-0.2, -0.15) is 0 Å². The van der Waals surface area contributed by atoms with E-state index in [0.29, 0.717) is 29.1 Å². The summed E-state index contributed by atoms with van der Waals surface area (Å²) < 4.78 is 10.6. The third-order valence-corrected chi connectivity index (χ3v) is 4.25. The van der Waals surface area contributed by atoms with E-state index in [2.05, 4.69) is 10.6 Å². The number of carbonyl (C=O) groups excluding carboxylic acids is 2. The van der Waals surface area contributed by atoms with Crippen LogP contribution >= 0.6 is 0 Å². The average Bonchev–Trinajstić information content (AvgIpc) is 3.20. The Morgan fingerprint density at radius 1 is 1.12 bits per heavy atom. The number of rotatable bonds is 6. The van der Waals surface area contributed by atoms with Gasteiger partial charge < -0.3 is 20.1 Å². The lowest BCUT2D eigenvalue weighted by molar-refractivity contribution is 0.0857. The maximum atomic E-state index is 12.3. The first-order valence-electron chi connectivity index (χ1n) is 8.61. The molecule has 2 amide bonds. The minimum Gasteiger partial charge on any atom is -0.497 e. The molecule has 3 rings (SSSR count). The lowest BCUT2D eigenvalue weighted by Gasteiger charge is -2.12. The SMILES string of the molecule is COc1ccc(C(=O)Nc2cccc(C(=O)NC[C@H]3CCCO3)c2)cc1. The Hall–Kier alpha value is -2.86. The number of carbonyl (C=O) groups is 2. The van der Waals surface area contributed by atoms with E-state index in [4.69, 9.17) is 9.47 Å². The van der Waals surface area contributed by atoms with Crippen molar-refractivity contribution in [3.63, 3.8) is 0 Å². The highest BCUT2D eigenvalue weighted by atomic mass is 16.5. The second-order valence-corrected chi connectivity index (χ2v) is 6.11. The molecule has 0 aliphatic carbocycles. The topological polar surface area (TPSA) is 76.7 Å². The molecule has 0 unspecified atom stereocenters. The van der Waals surface area contributed by atoms with Crippen LogP contribution < -0.4 is 15.4 Å². The third-order valence-electron chi connectivity index (χ3n) is 4.25. The lowest BCUT2D eigenvalue weighted by Crippen LogP contribution is -2.31. The van der Waals surface area contributed by atoms with Crippen molar-refractivity contribution in [2.45, 2.75) is 18.9 Å². The molecule has 6 nitrogen and oxygen atoms in total. The van der Waals surface area contributed by atoms with Crippen molar-refractivity contribution in [3.05, 3.63) is 59.7 Å². The van der Waals surface area contributed by atoms with Crippen LogP contribution in [0, 0.1) is 0 Å². The van der Waals surface area contributed by atoms with Crippen LogP contribution in [0.1, 0.15) is 33.6 Å². The molecule has 1 saturated heterocycles. The largest absolute Gasteiger partial charge is 0.497 e. The molecule has 0 spiro atoms. The maximum absolute atomic E-state index is 12.3. The van der Waals surface area contributed by atoms with Gasteiger partial charge in [0.25, 0.3) is 11.8 Å². The zero-order chi connectivity index (χ0) is 18.4. The number of benzene rings is 2. The molecule has 0 bridgehead atoms. The van der Waals surface area contributed by atoms with Crippen molar-refractivity contribution in [2.24, 2.45) is 0 Å². The van der Waals surface area contributed by atoms with Crippen molar-refractivity contribution in [2.75, 3.05) is 25.6 Å². The Labute approximate surface area is 152 Å². The van der Waals surface area contributed by atoms with Crippen LogP contribution in [-0.4, -0.2) is 38.2 Å². The second-order valence-electron chi connectivity index (χ2n) is 6.11. The van der Waals surface area contributed by atoms with Gasteiger partial charge in [-0.1, -0.05) is 6.07 Å². The van der Waals surface area contributed by atoms with Gasteiger partial charge >= 0.3 is 0 Å². The van der Waals surface area contributed by atoms with E-state index in [0.717, 1.165) is 19.4 Å². The number of amides is 2. The fourth-order valence-electron chi connectivity index (χ4n) is 2.80. The Balaban J connectivity index is 1.60. The number of nitrogens with one attached hydrogen (secondary N) is 2. The van der Waals surface area contributed by atoms with Crippen molar-refractivity contribution in [1.82, 2.24) is 5.32 Å². The van der Waals surface area contributed by atoms with Crippen LogP contribution in [0.5, 0.6) is 5.75 Å². The first-order chi connectivity index (χ1) is 12.7. The quantitative estimate of drug-likeness (QED) is 0.836. The van der Waals surface area contributed by atoms with Crippen LogP contribution in [0.4, 0.5) is 5.69 Å². The molecule has 0 radical (unpaired) electrons. The molecule has 2 N–H and O–H groups in total. The fourth-order valence-corrected chi connectivity index (χ4v) is 2.80. The van der Waals surface area contributed by atoms with E-state index in [1.54, 1.807) is 55.6 Å². The summed E-state index contributed by atoms with van der Waals surface area (Å²) in [6.45, 7) is 1.26. The Morgan fingerprint density at radius 2 is 1.92 bits per heavy atom. The molecular weight excluding hydrogens is 332 g/mol. The van der Waals surface area contributed by atoms with Crippen molar-refractivity contribution in [3.8, 4) is 5.75 Å². The van der Waals surface area contributed by atoms with Crippen molar-refractivity contribution >= 4 is 17.5 Å². The molecule has 26 heavy (non-hydrogen) atoms. The summed E-state index contributed by atoms with van der Waals surface area (Å²) in [6, 6.07) is 13.7. The summed E-state index contributed by atoms with van der Waals surface area (Å²) in [6.07, 6.45) is 2.10. The number of hydrogen-bond donors (Lipinski definition) is 2. The summed E-state index contributed by atoms with van der Waals surface area (Å²) >= 11 is 0. The van der Waals surface area contributed by atoms with Gasteiger partial charge in [-0.15, -0.1) is 0 Å². The zero-order valence-corrected chi connectivity index (χ0v) is 14.7. The summed E-state index contributed by atoms with van der Waals surface area (Å²) in [5.41, 5.74) is 1.57. The monoisotopic (exact) mass is 354 g/mol. The summed E-state index contributed by atoms with van der Waals surface area (Å²) in [5, 5.41) is 5.68. The predicted octanol–water partition coefficient (Wildman–Crippen LogP) is 2.86. The van der Waals surface area contributed by atoms with Gasteiger partial charge in [-0.3, -0.25) is 9.59 Å². The van der Waals surface area contributed by atoms with E-state index in [-0.39, 0.29) is 17.9 Å². The minimum absolute atomic E-state index is 0.0944. The fraction of sp³-hybridized carbons (Fsp3) is 0.300. The molecule has 2 aromatic carbocycles. The van der Waals surface area contributed by atoms with Gasteiger partial charge in [-0.25, -0.2) is 0 Å². The molecular formula is C20H22N2O4. The Kier molecular flexibility index (Phi) is 5.86. The highest BCUT2D eigenvalue weighted by Gasteiger charge is 2.17. The lowest BCUT2D eigenvalue weighted by atomic mass is 10.1. The maximum Gasteiger partial charge on any atom is 0.255 e. The molecule has 6 heteroatoms. The van der Waals surface area contributed by atoms with Gasteiger partial charge in [0.2, 0.25) is 0 Å². The third kappa shape index (κ3) is 4.61. The Morgan fingerprint density at radius 3 is 2.62 bits per heavy atom. The van der Waals surface area contributed by atoms with Gasteiger partial charge in [0.15, 0.2) is 0 Å². The molecule has 0 saturated carbocycles. The number of methoxy groups -OCH3 is 1. The van der Waals surface area contributed by atoms with Crippen LogP contribution in [-0.2, 0) is 4.74 Å². The van der Waals surface area contributed by atoms with Crippen LogP contribution in [0.2, 0.25) is 0 Å². The van der Waals surface area contributed by atoms with Crippen LogP contribution in [0.3, 0.4) is 0 Å². The van der Waals surface area contributed by atoms with E-state index in [1.165, 1.54) is 0 Å². The van der Waals surface area contributed by atoms with Crippen molar-refractivity contribution < 1.29 is 19.1 Å². The molecule has 2 aromatic rings. The molecule has 136 valence electrons. The second kappa shape index (κ2) is 8.49. The molecule has 1 aliphatic heterocycles. The summed E-state index contributed by atoms with van der Waals surface area (Å²) in [4.78, 5) is 24.6. The Bertz CT molecular complexity index is 768. The van der Waals surface area contributed by atoms with E-state index < -0.39 is 0 Å². The minimum atomic E-state index is -0.246. The zero-order valence-electron chi connectivity index (χ0n) is 14.7. The highest BCUT2D eigenvalue weighted by Crippen LogP contribution is 2.16. The summed E-state index contributed by atoms with van der Waals surface area (Å²) in [5.74, 6) is 0.261. The van der Waals surface area contributed by atoms with Crippen molar-refractivity contribution in [1.29, 1.82) is 0 Å². The van der Waals surface area contributed by atoms with Gasteiger partial charge in [0.05, 0.1) is 13.2 Å². The van der Waals surface area contributed by atoms with Gasteiger partial charge in [0, 0.05) is 30.0 Å². The first kappa shape index (κ1) is 17.9. The highest BCUT2D eigenvalue weighted by molar-refractivity contribution is 6.05. The number of hydrogen-bond acceptors (Lipinski definition) is 4. The van der Waals surface area contributed by atoms with Crippen LogP contribution in [0.25, 0.3) is 0 Å². The smallest absolute Gasteiger partial charge is 0.255 e. The molecule has 1 fully saturated rings. The molecule has 1 atom stereocenters. The normalized spacial score (nSPS) is 16.1. The van der Waals surface area contributed by atoms with Gasteiger partial charge in [0.1, 0.15) is 5.75 Å². The average molecular weight is 354 g/mol. The standard InChI is InChI=1S/C20H22N2O4/c1-25-17-9-7-14(8-10-17)20(24)22-16-5-2-4-15(12-16)19(23)21-13-18-6-3-11-26-18/h2,4-5,7-10,12,18H,3,6,11,13H2,1H3,(H,21,23)(H,22,24)/t18-/m1/s1.